The van der Waals surface area contributed by atoms with Crippen LogP contribution in [0.3, 0.4) is 0 Å². The van der Waals surface area contributed by atoms with Crippen LogP contribution < -0.4 is 4.90 Å². The van der Waals surface area contributed by atoms with Crippen LogP contribution in [0.1, 0.15) is 0 Å². The van der Waals surface area contributed by atoms with Gasteiger partial charge in [0.2, 0.25) is 0 Å². The summed E-state index contributed by atoms with van der Waals surface area (Å²) in [6, 6.07) is 76.6. The SMILES string of the molecule is c1ccc(-c2c(-c3ccc(N(c4ccc(-c5ccc6c(c5)oc5ccccc56)cc4)c4cc5ccccc5c5ccccc45)cc3)ccc3ccccc23)cc1. The van der Waals surface area contributed by atoms with Gasteiger partial charge in [-0.3, -0.25) is 0 Å². The molecule has 1 heterocycles. The molecule has 2 heteroatoms. The third-order valence-electron chi connectivity index (χ3n) is 11.3. The maximum Gasteiger partial charge on any atom is 0.136 e. The number of anilines is 3. The molecule has 0 bridgehead atoms. The van der Waals surface area contributed by atoms with E-state index in [0.717, 1.165) is 50.1 Å². The van der Waals surface area contributed by atoms with Crippen molar-refractivity contribution in [2.24, 2.45) is 0 Å². The van der Waals surface area contributed by atoms with Gasteiger partial charge in [0.25, 0.3) is 0 Å². The van der Waals surface area contributed by atoms with Crippen LogP contribution >= 0.6 is 0 Å². The molecule has 10 aromatic carbocycles. The minimum Gasteiger partial charge on any atom is -0.456 e. The van der Waals surface area contributed by atoms with Crippen molar-refractivity contribution in [1.82, 2.24) is 0 Å². The van der Waals surface area contributed by atoms with Crippen LogP contribution in [0.2, 0.25) is 0 Å². The maximum absolute atomic E-state index is 6.26. The van der Waals surface area contributed by atoms with Gasteiger partial charge in [-0.1, -0.05) is 164 Å². The van der Waals surface area contributed by atoms with E-state index in [1.54, 1.807) is 0 Å². The maximum atomic E-state index is 6.26. The van der Waals surface area contributed by atoms with Crippen molar-refractivity contribution >= 4 is 71.3 Å². The van der Waals surface area contributed by atoms with E-state index in [0.29, 0.717) is 0 Å². The molecule has 0 radical (unpaired) electrons. The smallest absolute Gasteiger partial charge is 0.136 e. The summed E-state index contributed by atoms with van der Waals surface area (Å²) in [5.41, 5.74) is 12.3. The Morgan fingerprint density at radius 2 is 0.875 bits per heavy atom. The van der Waals surface area contributed by atoms with Gasteiger partial charge in [0.15, 0.2) is 0 Å². The summed E-state index contributed by atoms with van der Waals surface area (Å²) in [5, 5.41) is 9.68. The predicted octanol–water partition coefficient (Wildman–Crippen LogP) is 15.5. The van der Waals surface area contributed by atoms with Gasteiger partial charge < -0.3 is 9.32 Å². The Morgan fingerprint density at radius 3 is 1.64 bits per heavy atom. The van der Waals surface area contributed by atoms with Crippen molar-refractivity contribution in [3.05, 3.63) is 212 Å². The number of hydrogen-bond donors (Lipinski definition) is 0. The molecule has 0 N–H and O–H groups in total. The molecular weight excluding hydrogens is 679 g/mol. The highest BCUT2D eigenvalue weighted by Gasteiger charge is 2.19. The van der Waals surface area contributed by atoms with Gasteiger partial charge in [0.05, 0.1) is 5.69 Å². The molecule has 0 unspecified atom stereocenters. The Balaban J connectivity index is 1.06. The molecule has 0 amide bonds. The monoisotopic (exact) mass is 713 g/mol. The zero-order chi connectivity index (χ0) is 37.0. The summed E-state index contributed by atoms with van der Waals surface area (Å²) in [4.78, 5) is 2.41. The molecule has 262 valence electrons. The number of fused-ring (bicyclic) bond motifs is 7. The molecule has 1 aromatic heterocycles. The van der Waals surface area contributed by atoms with Gasteiger partial charge in [0, 0.05) is 27.5 Å². The van der Waals surface area contributed by atoms with Gasteiger partial charge in [0.1, 0.15) is 11.2 Å². The standard InChI is InChI=1S/C54H35NO/c1-2-13-39(14-3-1)54-45-17-7-4-12-37(45)26-32-46(54)38-24-30-43(31-25-38)55(51-34-41-15-5-6-16-44(41)47-18-8-9-19-48(47)51)42-28-22-36(23-29-42)40-27-33-50-49-20-10-11-21-52(49)56-53(50)35-40/h1-35H. The Morgan fingerprint density at radius 1 is 0.304 bits per heavy atom. The second-order valence-electron chi connectivity index (χ2n) is 14.5. The summed E-state index contributed by atoms with van der Waals surface area (Å²) in [6.07, 6.45) is 0. The van der Waals surface area contributed by atoms with Crippen molar-refractivity contribution in [3.8, 4) is 33.4 Å². The van der Waals surface area contributed by atoms with E-state index in [-0.39, 0.29) is 0 Å². The molecule has 0 atom stereocenters. The first-order valence-corrected chi connectivity index (χ1v) is 19.2. The van der Waals surface area contributed by atoms with Crippen LogP contribution in [-0.2, 0) is 0 Å². The number of furan rings is 1. The van der Waals surface area contributed by atoms with Crippen LogP contribution in [0.5, 0.6) is 0 Å². The fourth-order valence-electron chi connectivity index (χ4n) is 8.57. The topological polar surface area (TPSA) is 16.4 Å². The van der Waals surface area contributed by atoms with Gasteiger partial charge in [-0.05, 0) is 109 Å². The largest absolute Gasteiger partial charge is 0.456 e. The van der Waals surface area contributed by atoms with Gasteiger partial charge in [-0.25, -0.2) is 0 Å². The second kappa shape index (κ2) is 13.2. The summed E-state index contributed by atoms with van der Waals surface area (Å²) in [7, 11) is 0. The van der Waals surface area contributed by atoms with Crippen molar-refractivity contribution < 1.29 is 4.42 Å². The van der Waals surface area contributed by atoms with E-state index < -0.39 is 0 Å². The van der Waals surface area contributed by atoms with Gasteiger partial charge >= 0.3 is 0 Å². The van der Waals surface area contributed by atoms with Gasteiger partial charge in [-0.2, -0.15) is 0 Å². The first kappa shape index (κ1) is 32.0. The fraction of sp³-hybridized carbons (Fsp3) is 0. The number of hydrogen-bond acceptors (Lipinski definition) is 2. The summed E-state index contributed by atoms with van der Waals surface area (Å²) >= 11 is 0. The van der Waals surface area contributed by atoms with Crippen LogP contribution in [0.25, 0.3) is 87.6 Å². The van der Waals surface area contributed by atoms with Crippen molar-refractivity contribution in [2.45, 2.75) is 0 Å². The van der Waals surface area contributed by atoms with E-state index in [4.69, 9.17) is 4.42 Å². The molecule has 11 aromatic rings. The lowest BCUT2D eigenvalue weighted by molar-refractivity contribution is 0.669. The molecule has 0 aliphatic heterocycles. The first-order chi connectivity index (χ1) is 27.8. The Kier molecular flexibility index (Phi) is 7.53. The van der Waals surface area contributed by atoms with Crippen molar-refractivity contribution in [2.75, 3.05) is 4.90 Å². The molecule has 0 spiro atoms. The van der Waals surface area contributed by atoms with Crippen LogP contribution in [0.4, 0.5) is 17.1 Å². The van der Waals surface area contributed by atoms with Crippen LogP contribution in [0.15, 0.2) is 217 Å². The minimum atomic E-state index is 0.902. The number of nitrogens with zero attached hydrogens (tertiary/aromatic N) is 1. The van der Waals surface area contributed by atoms with E-state index >= 15 is 0 Å². The van der Waals surface area contributed by atoms with Crippen LogP contribution in [-0.4, -0.2) is 0 Å². The lowest BCUT2D eigenvalue weighted by atomic mass is 9.89. The van der Waals surface area contributed by atoms with E-state index in [1.807, 2.05) is 12.1 Å². The molecule has 0 fully saturated rings. The predicted molar refractivity (Wildman–Crippen MR) is 237 cm³/mol. The first-order valence-electron chi connectivity index (χ1n) is 19.2. The fourth-order valence-corrected chi connectivity index (χ4v) is 8.57. The zero-order valence-electron chi connectivity index (χ0n) is 30.6. The lowest BCUT2D eigenvalue weighted by Crippen LogP contribution is -2.10. The molecule has 11 rings (SSSR count). The molecule has 0 aliphatic carbocycles. The molecule has 2 nitrogen and oxygen atoms in total. The average Bonchev–Trinajstić information content (AvgIpc) is 3.65. The van der Waals surface area contributed by atoms with E-state index in [1.165, 1.54) is 54.6 Å². The third-order valence-corrected chi connectivity index (χ3v) is 11.3. The molecule has 0 aliphatic rings. The summed E-state index contributed by atoms with van der Waals surface area (Å²) in [5.74, 6) is 0. The molecule has 0 saturated heterocycles. The highest BCUT2D eigenvalue weighted by molar-refractivity contribution is 6.15. The normalized spacial score (nSPS) is 11.6. The summed E-state index contributed by atoms with van der Waals surface area (Å²) in [6.45, 7) is 0. The highest BCUT2D eigenvalue weighted by atomic mass is 16.3. The molecule has 0 saturated carbocycles. The lowest BCUT2D eigenvalue weighted by Gasteiger charge is -2.28. The minimum absolute atomic E-state index is 0.902. The van der Waals surface area contributed by atoms with Crippen LogP contribution in [0, 0.1) is 0 Å². The molecule has 56 heavy (non-hydrogen) atoms. The highest BCUT2D eigenvalue weighted by Crippen LogP contribution is 2.44. The summed E-state index contributed by atoms with van der Waals surface area (Å²) < 4.78 is 6.26. The number of rotatable bonds is 6. The second-order valence-corrected chi connectivity index (χ2v) is 14.5. The van der Waals surface area contributed by atoms with Crippen molar-refractivity contribution in [1.29, 1.82) is 0 Å². The number of para-hydroxylation sites is 1. The van der Waals surface area contributed by atoms with Gasteiger partial charge in [-0.15, -0.1) is 0 Å². The Bertz CT molecular complexity index is 3230. The average molecular weight is 714 g/mol. The van der Waals surface area contributed by atoms with E-state index in [9.17, 15) is 0 Å². The van der Waals surface area contributed by atoms with Crippen molar-refractivity contribution in [3.63, 3.8) is 0 Å². The molecular formula is C54H35NO. The quantitative estimate of drug-likeness (QED) is 0.160. The van der Waals surface area contributed by atoms with E-state index in [2.05, 4.69) is 205 Å². The zero-order valence-corrected chi connectivity index (χ0v) is 30.6. The third kappa shape index (κ3) is 5.34. The Hall–Kier alpha value is -7.42. The Labute approximate surface area is 325 Å². The number of benzene rings is 10.